The number of hydrogen-bond donors (Lipinski definition) is 2. The Morgan fingerprint density at radius 1 is 1.45 bits per heavy atom. The fourth-order valence-corrected chi connectivity index (χ4v) is 1.83. The lowest BCUT2D eigenvalue weighted by atomic mass is 10.3. The summed E-state index contributed by atoms with van der Waals surface area (Å²) in [6.45, 7) is 2.96. The third kappa shape index (κ3) is 3.28. The van der Waals surface area contributed by atoms with Crippen LogP contribution in [-0.4, -0.2) is 42.1 Å². The molecule has 1 aliphatic rings. The van der Waals surface area contributed by atoms with Crippen LogP contribution >= 0.6 is 0 Å². The van der Waals surface area contributed by atoms with Crippen molar-refractivity contribution in [3.05, 3.63) is 11.9 Å². The summed E-state index contributed by atoms with van der Waals surface area (Å²) in [6.07, 6.45) is -4.63. The zero-order valence-electron chi connectivity index (χ0n) is 10.8. The van der Waals surface area contributed by atoms with Crippen LogP contribution in [0.3, 0.4) is 0 Å². The highest BCUT2D eigenvalue weighted by atomic mass is 19.4. The second-order valence-electron chi connectivity index (χ2n) is 4.23. The summed E-state index contributed by atoms with van der Waals surface area (Å²) in [7, 11) is 0. The average molecular weight is 289 g/mol. The molecule has 1 aliphatic heterocycles. The Morgan fingerprint density at radius 3 is 2.80 bits per heavy atom. The van der Waals surface area contributed by atoms with E-state index in [1.165, 1.54) is 11.0 Å². The Morgan fingerprint density at radius 2 is 2.20 bits per heavy atom. The molecular weight excluding hydrogens is 275 g/mol. The predicted octanol–water partition coefficient (Wildman–Crippen LogP) is 0.863. The minimum absolute atomic E-state index is 0.0140. The van der Waals surface area contributed by atoms with Crippen molar-refractivity contribution in [1.82, 2.24) is 15.3 Å². The van der Waals surface area contributed by atoms with Gasteiger partial charge >= 0.3 is 6.18 Å². The molecule has 1 fully saturated rings. The number of carbonyl (C=O) groups is 1. The molecule has 0 unspecified atom stereocenters. The van der Waals surface area contributed by atoms with Crippen molar-refractivity contribution in [3.8, 4) is 0 Å². The lowest BCUT2D eigenvalue weighted by Gasteiger charge is -2.28. The first kappa shape index (κ1) is 14.4. The number of rotatable bonds is 3. The third-order valence-corrected chi connectivity index (χ3v) is 2.69. The van der Waals surface area contributed by atoms with E-state index < -0.39 is 12.0 Å². The van der Waals surface area contributed by atoms with Crippen LogP contribution < -0.4 is 15.5 Å². The number of amides is 1. The molecule has 20 heavy (non-hydrogen) atoms. The molecule has 2 heterocycles. The van der Waals surface area contributed by atoms with E-state index in [1.54, 1.807) is 6.92 Å². The number of halogens is 3. The zero-order chi connectivity index (χ0) is 14.8. The summed E-state index contributed by atoms with van der Waals surface area (Å²) < 4.78 is 38.3. The standard InChI is InChI=1S/C11H14F3N5O/c1-2-15-7-5-8(18-10(17-7)11(12,13)14)19-4-3-16-9(20)6-19/h5H,2-4,6H2,1H3,(H,16,20)(H,15,17,18). The minimum Gasteiger partial charge on any atom is -0.370 e. The van der Waals surface area contributed by atoms with Gasteiger partial charge in [0, 0.05) is 25.7 Å². The van der Waals surface area contributed by atoms with E-state index in [2.05, 4.69) is 20.6 Å². The first-order valence-corrected chi connectivity index (χ1v) is 6.12. The highest BCUT2D eigenvalue weighted by Gasteiger charge is 2.36. The van der Waals surface area contributed by atoms with Crippen LogP contribution in [0.5, 0.6) is 0 Å². The summed E-state index contributed by atoms with van der Waals surface area (Å²) in [5.74, 6) is -1.26. The molecule has 0 spiro atoms. The maximum Gasteiger partial charge on any atom is 0.451 e. The maximum atomic E-state index is 12.8. The Balaban J connectivity index is 2.35. The molecule has 1 aromatic heterocycles. The van der Waals surface area contributed by atoms with Gasteiger partial charge in [0.2, 0.25) is 11.7 Å². The second-order valence-corrected chi connectivity index (χ2v) is 4.23. The largest absolute Gasteiger partial charge is 0.451 e. The quantitative estimate of drug-likeness (QED) is 0.864. The third-order valence-electron chi connectivity index (χ3n) is 2.69. The maximum absolute atomic E-state index is 12.8. The van der Waals surface area contributed by atoms with E-state index in [9.17, 15) is 18.0 Å². The van der Waals surface area contributed by atoms with Gasteiger partial charge in [0.1, 0.15) is 11.6 Å². The molecule has 2 N–H and O–H groups in total. The van der Waals surface area contributed by atoms with Gasteiger partial charge in [-0.2, -0.15) is 13.2 Å². The number of anilines is 2. The van der Waals surface area contributed by atoms with Gasteiger partial charge in [-0.3, -0.25) is 4.79 Å². The fourth-order valence-electron chi connectivity index (χ4n) is 1.83. The van der Waals surface area contributed by atoms with E-state index in [1.807, 2.05) is 0 Å². The van der Waals surface area contributed by atoms with Crippen LogP contribution in [0.25, 0.3) is 0 Å². The number of piperazine rings is 1. The smallest absolute Gasteiger partial charge is 0.370 e. The molecule has 110 valence electrons. The van der Waals surface area contributed by atoms with Crippen molar-refractivity contribution in [2.24, 2.45) is 0 Å². The lowest BCUT2D eigenvalue weighted by Crippen LogP contribution is -2.48. The Kier molecular flexibility index (Phi) is 3.96. The lowest BCUT2D eigenvalue weighted by molar-refractivity contribution is -0.144. The molecule has 0 radical (unpaired) electrons. The number of aromatic nitrogens is 2. The first-order valence-electron chi connectivity index (χ1n) is 6.12. The van der Waals surface area contributed by atoms with Gasteiger partial charge in [0.15, 0.2) is 0 Å². The molecule has 9 heteroatoms. The summed E-state index contributed by atoms with van der Waals surface area (Å²) in [6, 6.07) is 1.41. The average Bonchev–Trinajstić information content (AvgIpc) is 2.38. The van der Waals surface area contributed by atoms with Crippen LogP contribution in [0, 0.1) is 0 Å². The number of hydrogen-bond acceptors (Lipinski definition) is 5. The van der Waals surface area contributed by atoms with Gasteiger partial charge < -0.3 is 15.5 Å². The van der Waals surface area contributed by atoms with E-state index in [0.29, 0.717) is 19.6 Å². The van der Waals surface area contributed by atoms with Crippen molar-refractivity contribution in [3.63, 3.8) is 0 Å². The van der Waals surface area contributed by atoms with Gasteiger partial charge in [0.05, 0.1) is 6.54 Å². The Labute approximate surface area is 113 Å². The van der Waals surface area contributed by atoms with Gasteiger partial charge in [-0.1, -0.05) is 0 Å². The van der Waals surface area contributed by atoms with Gasteiger partial charge in [-0.25, -0.2) is 9.97 Å². The predicted molar refractivity (Wildman–Crippen MR) is 66.4 cm³/mol. The SMILES string of the molecule is CCNc1cc(N2CCNC(=O)C2)nc(C(F)(F)F)n1. The Hall–Kier alpha value is -2.06. The summed E-state index contributed by atoms with van der Waals surface area (Å²) in [5.41, 5.74) is 0. The van der Waals surface area contributed by atoms with Crippen molar-refractivity contribution < 1.29 is 18.0 Å². The monoisotopic (exact) mass is 289 g/mol. The van der Waals surface area contributed by atoms with Crippen molar-refractivity contribution >= 4 is 17.5 Å². The van der Waals surface area contributed by atoms with Crippen LogP contribution in [0.4, 0.5) is 24.8 Å². The van der Waals surface area contributed by atoms with Crippen LogP contribution in [-0.2, 0) is 11.0 Å². The summed E-state index contributed by atoms with van der Waals surface area (Å²) >= 11 is 0. The Bertz CT molecular complexity index is 505. The number of carbonyl (C=O) groups excluding carboxylic acids is 1. The molecule has 0 saturated carbocycles. The molecule has 0 bridgehead atoms. The fraction of sp³-hybridized carbons (Fsp3) is 0.545. The van der Waals surface area contributed by atoms with Crippen LogP contribution in [0.15, 0.2) is 6.07 Å². The molecule has 0 aromatic carbocycles. The molecule has 1 saturated heterocycles. The van der Waals surface area contributed by atoms with Gasteiger partial charge in [0.25, 0.3) is 0 Å². The van der Waals surface area contributed by atoms with Gasteiger partial charge in [-0.15, -0.1) is 0 Å². The minimum atomic E-state index is -4.63. The van der Waals surface area contributed by atoms with E-state index in [4.69, 9.17) is 0 Å². The van der Waals surface area contributed by atoms with Crippen LogP contribution in [0.2, 0.25) is 0 Å². The first-order chi connectivity index (χ1) is 9.40. The second kappa shape index (κ2) is 5.51. The summed E-state index contributed by atoms with van der Waals surface area (Å²) in [4.78, 5) is 19.8. The highest BCUT2D eigenvalue weighted by Crippen LogP contribution is 2.29. The van der Waals surface area contributed by atoms with Gasteiger partial charge in [-0.05, 0) is 6.92 Å². The van der Waals surface area contributed by atoms with Crippen LogP contribution in [0.1, 0.15) is 12.7 Å². The van der Waals surface area contributed by atoms with Crippen molar-refractivity contribution in [2.75, 3.05) is 36.4 Å². The topological polar surface area (TPSA) is 70.2 Å². The molecule has 1 aromatic rings. The molecular formula is C11H14F3N5O. The molecule has 1 amide bonds. The van der Waals surface area contributed by atoms with E-state index in [0.717, 1.165) is 0 Å². The van der Waals surface area contributed by atoms with E-state index >= 15 is 0 Å². The summed E-state index contributed by atoms with van der Waals surface area (Å²) in [5, 5.41) is 5.34. The number of alkyl halides is 3. The molecule has 2 rings (SSSR count). The number of nitrogens with zero attached hydrogens (tertiary/aromatic N) is 3. The molecule has 0 aliphatic carbocycles. The normalized spacial score (nSPS) is 16.0. The zero-order valence-corrected chi connectivity index (χ0v) is 10.8. The van der Waals surface area contributed by atoms with Crippen molar-refractivity contribution in [2.45, 2.75) is 13.1 Å². The van der Waals surface area contributed by atoms with E-state index in [-0.39, 0.29) is 24.1 Å². The molecule has 0 atom stereocenters. The highest BCUT2D eigenvalue weighted by molar-refractivity contribution is 5.82. The molecule has 6 nitrogen and oxygen atoms in total. The van der Waals surface area contributed by atoms with Crippen molar-refractivity contribution in [1.29, 1.82) is 0 Å². The number of nitrogens with one attached hydrogen (secondary N) is 2.